The minimum atomic E-state index is -2.64. The van der Waals surface area contributed by atoms with E-state index in [9.17, 15) is 8.78 Å². The Labute approximate surface area is 60.1 Å². The lowest BCUT2D eigenvalue weighted by Crippen LogP contribution is -2.34. The molecular formula is C7H14F2O. The largest absolute Gasteiger partial charge is 0.384 e. The first-order valence-electron chi connectivity index (χ1n) is 3.37. The van der Waals surface area contributed by atoms with Gasteiger partial charge in [0.2, 0.25) is 0 Å². The summed E-state index contributed by atoms with van der Waals surface area (Å²) in [6, 6.07) is 0. The van der Waals surface area contributed by atoms with Crippen LogP contribution in [0.5, 0.6) is 0 Å². The average molecular weight is 152 g/mol. The molecule has 0 heterocycles. The normalized spacial score (nSPS) is 18.0. The van der Waals surface area contributed by atoms with Crippen LogP contribution in [0, 0.1) is 5.92 Å². The number of halogens is 2. The zero-order valence-corrected chi connectivity index (χ0v) is 6.56. The Balaban J connectivity index is 3.87. The van der Waals surface area contributed by atoms with E-state index in [1.165, 1.54) is 0 Å². The molecule has 0 saturated carbocycles. The van der Waals surface area contributed by atoms with Crippen LogP contribution in [0.1, 0.15) is 27.2 Å². The first-order valence-corrected chi connectivity index (χ1v) is 3.37. The molecule has 1 unspecified atom stereocenters. The lowest BCUT2D eigenvalue weighted by molar-refractivity contribution is -0.0940. The number of hydrogen-bond donors (Lipinski definition) is 1. The Hall–Kier alpha value is -0.180. The van der Waals surface area contributed by atoms with Crippen molar-refractivity contribution in [2.24, 2.45) is 5.92 Å². The van der Waals surface area contributed by atoms with Crippen LogP contribution in [0.3, 0.4) is 0 Å². The second-order valence-electron chi connectivity index (χ2n) is 3.26. The van der Waals surface area contributed by atoms with Crippen molar-refractivity contribution in [1.29, 1.82) is 0 Å². The van der Waals surface area contributed by atoms with Crippen LogP contribution < -0.4 is 0 Å². The molecule has 0 amide bonds. The molecule has 0 aromatic heterocycles. The molecule has 0 aromatic rings. The van der Waals surface area contributed by atoms with E-state index in [2.05, 4.69) is 0 Å². The standard InChI is InChI=1S/C7H14F2O/c1-5(2)4-7(3,10)6(8)9/h5-6,10H,4H2,1-3H3. The van der Waals surface area contributed by atoms with E-state index >= 15 is 0 Å². The highest BCUT2D eigenvalue weighted by molar-refractivity contribution is 4.76. The van der Waals surface area contributed by atoms with E-state index in [4.69, 9.17) is 5.11 Å². The molecule has 10 heavy (non-hydrogen) atoms. The second-order valence-corrected chi connectivity index (χ2v) is 3.26. The molecule has 0 aliphatic rings. The van der Waals surface area contributed by atoms with E-state index in [0.29, 0.717) is 0 Å². The maximum absolute atomic E-state index is 11.9. The maximum Gasteiger partial charge on any atom is 0.266 e. The van der Waals surface area contributed by atoms with Crippen LogP contribution in [0.2, 0.25) is 0 Å². The van der Waals surface area contributed by atoms with Gasteiger partial charge in [-0.2, -0.15) is 0 Å². The molecule has 0 spiro atoms. The zero-order chi connectivity index (χ0) is 8.36. The number of hydrogen-bond acceptors (Lipinski definition) is 1. The highest BCUT2D eigenvalue weighted by atomic mass is 19.3. The monoisotopic (exact) mass is 152 g/mol. The summed E-state index contributed by atoms with van der Waals surface area (Å²) in [5, 5.41) is 9.01. The van der Waals surface area contributed by atoms with Gasteiger partial charge in [-0.3, -0.25) is 0 Å². The second kappa shape index (κ2) is 3.28. The summed E-state index contributed by atoms with van der Waals surface area (Å²) in [6.07, 6.45) is -2.50. The molecule has 3 heteroatoms. The molecule has 0 radical (unpaired) electrons. The van der Waals surface area contributed by atoms with Crippen LogP contribution in [-0.4, -0.2) is 17.1 Å². The van der Waals surface area contributed by atoms with Crippen molar-refractivity contribution >= 4 is 0 Å². The van der Waals surface area contributed by atoms with Gasteiger partial charge in [0.05, 0.1) is 0 Å². The molecule has 1 nitrogen and oxygen atoms in total. The van der Waals surface area contributed by atoms with E-state index in [-0.39, 0.29) is 12.3 Å². The quantitative estimate of drug-likeness (QED) is 0.656. The smallest absolute Gasteiger partial charge is 0.266 e. The van der Waals surface area contributed by atoms with E-state index < -0.39 is 12.0 Å². The predicted molar refractivity (Wildman–Crippen MR) is 36.1 cm³/mol. The molecule has 0 aliphatic carbocycles. The van der Waals surface area contributed by atoms with Gasteiger partial charge in [-0.25, -0.2) is 8.78 Å². The summed E-state index contributed by atoms with van der Waals surface area (Å²) in [6.45, 7) is 4.77. The lowest BCUT2D eigenvalue weighted by Gasteiger charge is -2.23. The highest BCUT2D eigenvalue weighted by Gasteiger charge is 2.32. The molecule has 0 aliphatic heterocycles. The molecule has 0 bridgehead atoms. The van der Waals surface area contributed by atoms with Crippen LogP contribution in [-0.2, 0) is 0 Å². The van der Waals surface area contributed by atoms with Gasteiger partial charge in [-0.1, -0.05) is 13.8 Å². The molecule has 0 aromatic carbocycles. The Morgan fingerprint density at radius 1 is 1.40 bits per heavy atom. The Morgan fingerprint density at radius 3 is 1.90 bits per heavy atom. The van der Waals surface area contributed by atoms with Gasteiger partial charge >= 0.3 is 0 Å². The molecule has 0 rings (SSSR count). The summed E-state index contributed by atoms with van der Waals surface area (Å²) < 4.78 is 23.8. The van der Waals surface area contributed by atoms with Gasteiger partial charge in [0.25, 0.3) is 6.43 Å². The van der Waals surface area contributed by atoms with Gasteiger partial charge in [0.1, 0.15) is 5.60 Å². The van der Waals surface area contributed by atoms with E-state index in [0.717, 1.165) is 6.92 Å². The van der Waals surface area contributed by atoms with E-state index in [1.807, 2.05) is 0 Å². The third-order valence-corrected chi connectivity index (χ3v) is 1.29. The summed E-state index contributed by atoms with van der Waals surface area (Å²) in [7, 11) is 0. The van der Waals surface area contributed by atoms with Crippen LogP contribution in [0.4, 0.5) is 8.78 Å². The first kappa shape index (κ1) is 9.82. The molecule has 62 valence electrons. The first-order chi connectivity index (χ1) is 4.36. The third kappa shape index (κ3) is 3.11. The number of rotatable bonds is 3. The van der Waals surface area contributed by atoms with Gasteiger partial charge in [-0.15, -0.1) is 0 Å². The van der Waals surface area contributed by atoms with Crippen molar-refractivity contribution in [2.75, 3.05) is 0 Å². The van der Waals surface area contributed by atoms with Gasteiger partial charge in [0, 0.05) is 0 Å². The minimum Gasteiger partial charge on any atom is -0.384 e. The average Bonchev–Trinajstić information content (AvgIpc) is 1.60. The Kier molecular flexibility index (Phi) is 3.22. The number of alkyl halides is 2. The predicted octanol–water partition coefficient (Wildman–Crippen LogP) is 2.05. The topological polar surface area (TPSA) is 20.2 Å². The zero-order valence-electron chi connectivity index (χ0n) is 6.56. The molecule has 1 N–H and O–H groups in total. The van der Waals surface area contributed by atoms with Crippen molar-refractivity contribution < 1.29 is 13.9 Å². The summed E-state index contributed by atoms with van der Waals surface area (Å²) in [5.41, 5.74) is -1.81. The minimum absolute atomic E-state index is 0.101. The van der Waals surface area contributed by atoms with Crippen LogP contribution >= 0.6 is 0 Å². The van der Waals surface area contributed by atoms with Crippen molar-refractivity contribution in [1.82, 2.24) is 0 Å². The van der Waals surface area contributed by atoms with Gasteiger partial charge in [0.15, 0.2) is 0 Å². The molecule has 1 atom stereocenters. The highest BCUT2D eigenvalue weighted by Crippen LogP contribution is 2.22. The third-order valence-electron chi connectivity index (χ3n) is 1.29. The molecule has 0 fully saturated rings. The lowest BCUT2D eigenvalue weighted by atomic mass is 9.95. The van der Waals surface area contributed by atoms with Crippen molar-refractivity contribution in [3.8, 4) is 0 Å². The summed E-state index contributed by atoms with van der Waals surface area (Å²) in [4.78, 5) is 0. The fraction of sp³-hybridized carbons (Fsp3) is 1.00. The summed E-state index contributed by atoms with van der Waals surface area (Å²) in [5.74, 6) is 0.101. The van der Waals surface area contributed by atoms with Crippen LogP contribution in [0.15, 0.2) is 0 Å². The van der Waals surface area contributed by atoms with Crippen molar-refractivity contribution in [3.05, 3.63) is 0 Å². The van der Waals surface area contributed by atoms with E-state index in [1.54, 1.807) is 13.8 Å². The molecule has 0 saturated heterocycles. The van der Waals surface area contributed by atoms with Gasteiger partial charge < -0.3 is 5.11 Å². The van der Waals surface area contributed by atoms with Crippen molar-refractivity contribution in [3.63, 3.8) is 0 Å². The molecular weight excluding hydrogens is 138 g/mol. The fourth-order valence-electron chi connectivity index (χ4n) is 0.916. The fourth-order valence-corrected chi connectivity index (χ4v) is 0.916. The van der Waals surface area contributed by atoms with Crippen LogP contribution in [0.25, 0.3) is 0 Å². The number of aliphatic hydroxyl groups is 1. The van der Waals surface area contributed by atoms with Gasteiger partial charge in [-0.05, 0) is 19.3 Å². The van der Waals surface area contributed by atoms with Crippen molar-refractivity contribution in [2.45, 2.75) is 39.2 Å². The SMILES string of the molecule is CC(C)CC(C)(O)C(F)F. The summed E-state index contributed by atoms with van der Waals surface area (Å²) >= 11 is 0. The maximum atomic E-state index is 11.9. The Bertz CT molecular complexity index is 99.8. The Morgan fingerprint density at radius 2 is 1.80 bits per heavy atom.